The van der Waals surface area contributed by atoms with Gasteiger partial charge in [0.15, 0.2) is 0 Å². The van der Waals surface area contributed by atoms with Crippen LogP contribution in [0, 0.1) is 25.2 Å². The average Bonchev–Trinajstić information content (AvgIpc) is 2.73. The first kappa shape index (κ1) is 20.7. The standard InChI is InChI=1S/C25H29N3O/c1-4-23(21-11-10-19-7-5-6-8-20(19)14-21)28-25(29)22(15-26)16-27-24-12-9-17(2)13-18(24)3/h9-14,16,23,27H,4-8H2,1-3H3,(H,28,29)/b22-16-. The molecule has 150 valence electrons. The lowest BCUT2D eigenvalue weighted by molar-refractivity contribution is -0.117. The second-order valence-electron chi connectivity index (χ2n) is 7.80. The van der Waals surface area contributed by atoms with Crippen molar-refractivity contribution in [3.8, 4) is 6.07 Å². The number of amides is 1. The van der Waals surface area contributed by atoms with Crippen LogP contribution in [0.5, 0.6) is 0 Å². The molecule has 0 heterocycles. The Morgan fingerprint density at radius 2 is 1.90 bits per heavy atom. The van der Waals surface area contributed by atoms with E-state index in [-0.39, 0.29) is 17.5 Å². The minimum absolute atomic E-state index is 0.0707. The second-order valence-corrected chi connectivity index (χ2v) is 7.80. The third-order valence-electron chi connectivity index (χ3n) is 5.61. The van der Waals surface area contributed by atoms with Gasteiger partial charge in [-0.05, 0) is 74.3 Å². The highest BCUT2D eigenvalue weighted by Gasteiger charge is 2.18. The molecule has 0 fully saturated rings. The zero-order valence-electron chi connectivity index (χ0n) is 17.5. The van der Waals surface area contributed by atoms with Gasteiger partial charge in [-0.1, -0.05) is 42.8 Å². The van der Waals surface area contributed by atoms with Gasteiger partial charge in [-0.15, -0.1) is 0 Å². The maximum Gasteiger partial charge on any atom is 0.263 e. The molecule has 1 aliphatic carbocycles. The van der Waals surface area contributed by atoms with Crippen molar-refractivity contribution in [1.29, 1.82) is 5.26 Å². The summed E-state index contributed by atoms with van der Waals surface area (Å²) in [5, 5.41) is 15.6. The number of fused-ring (bicyclic) bond motifs is 1. The number of rotatable bonds is 6. The van der Waals surface area contributed by atoms with Crippen molar-refractivity contribution in [3.63, 3.8) is 0 Å². The lowest BCUT2D eigenvalue weighted by Gasteiger charge is -2.21. The first-order valence-corrected chi connectivity index (χ1v) is 10.4. The number of nitrogens with zero attached hydrogens (tertiary/aromatic N) is 1. The normalized spacial score (nSPS) is 14.5. The second kappa shape index (κ2) is 9.43. The van der Waals surface area contributed by atoms with Crippen LogP contribution in [0.1, 0.15) is 60.0 Å². The molecule has 1 atom stereocenters. The fourth-order valence-electron chi connectivity index (χ4n) is 3.90. The number of aryl methyl sites for hydroxylation is 4. The van der Waals surface area contributed by atoms with Gasteiger partial charge in [0.1, 0.15) is 11.6 Å². The molecule has 2 aromatic rings. The van der Waals surface area contributed by atoms with Gasteiger partial charge in [0.05, 0.1) is 6.04 Å². The first-order chi connectivity index (χ1) is 14.0. The number of nitrogens with one attached hydrogen (secondary N) is 2. The van der Waals surface area contributed by atoms with E-state index in [4.69, 9.17) is 0 Å². The average molecular weight is 388 g/mol. The molecule has 0 saturated heterocycles. The molecule has 0 spiro atoms. The summed E-state index contributed by atoms with van der Waals surface area (Å²) in [6, 6.07) is 14.5. The number of carbonyl (C=O) groups is 1. The van der Waals surface area contributed by atoms with E-state index in [1.807, 2.05) is 39.0 Å². The number of nitriles is 1. The van der Waals surface area contributed by atoms with Crippen LogP contribution >= 0.6 is 0 Å². The van der Waals surface area contributed by atoms with E-state index < -0.39 is 0 Å². The van der Waals surface area contributed by atoms with Crippen molar-refractivity contribution in [1.82, 2.24) is 5.32 Å². The molecular weight excluding hydrogens is 358 g/mol. The molecular formula is C25H29N3O. The Bertz CT molecular complexity index is 969. The van der Waals surface area contributed by atoms with Gasteiger partial charge in [-0.25, -0.2) is 0 Å². The van der Waals surface area contributed by atoms with Crippen LogP contribution < -0.4 is 10.6 Å². The van der Waals surface area contributed by atoms with Crippen LogP contribution in [0.15, 0.2) is 48.2 Å². The summed E-state index contributed by atoms with van der Waals surface area (Å²) >= 11 is 0. The molecule has 0 aromatic heterocycles. The maximum absolute atomic E-state index is 12.7. The van der Waals surface area contributed by atoms with Gasteiger partial charge in [0, 0.05) is 11.9 Å². The minimum Gasteiger partial charge on any atom is -0.360 e. The number of benzene rings is 2. The van der Waals surface area contributed by atoms with Crippen molar-refractivity contribution < 1.29 is 4.79 Å². The summed E-state index contributed by atoms with van der Waals surface area (Å²) in [5.74, 6) is -0.352. The Kier molecular flexibility index (Phi) is 6.72. The molecule has 0 aliphatic heterocycles. The molecule has 1 amide bonds. The van der Waals surface area contributed by atoms with Crippen molar-refractivity contribution in [2.45, 2.75) is 58.9 Å². The third kappa shape index (κ3) is 5.06. The molecule has 4 nitrogen and oxygen atoms in total. The van der Waals surface area contributed by atoms with Gasteiger partial charge < -0.3 is 10.6 Å². The third-order valence-corrected chi connectivity index (χ3v) is 5.61. The fraction of sp³-hybridized carbons (Fsp3) is 0.360. The number of anilines is 1. The molecule has 4 heteroatoms. The lowest BCUT2D eigenvalue weighted by Crippen LogP contribution is -2.29. The first-order valence-electron chi connectivity index (χ1n) is 10.4. The van der Waals surface area contributed by atoms with Crippen LogP contribution in [0.25, 0.3) is 0 Å². The summed E-state index contributed by atoms with van der Waals surface area (Å²) in [4.78, 5) is 12.7. The molecule has 3 rings (SSSR count). The van der Waals surface area contributed by atoms with E-state index in [2.05, 4.69) is 34.9 Å². The highest BCUT2D eigenvalue weighted by atomic mass is 16.1. The topological polar surface area (TPSA) is 64.9 Å². The van der Waals surface area contributed by atoms with E-state index in [1.165, 1.54) is 35.7 Å². The summed E-state index contributed by atoms with van der Waals surface area (Å²) in [6.07, 6.45) is 7.00. The molecule has 2 N–H and O–H groups in total. The van der Waals surface area contributed by atoms with E-state index in [9.17, 15) is 10.1 Å². The Morgan fingerprint density at radius 3 is 2.59 bits per heavy atom. The monoisotopic (exact) mass is 387 g/mol. The summed E-state index contributed by atoms with van der Waals surface area (Å²) < 4.78 is 0. The SMILES string of the molecule is CCC(NC(=O)/C(C#N)=C\Nc1ccc(C)cc1C)c1ccc2c(c1)CCCC2. The predicted octanol–water partition coefficient (Wildman–Crippen LogP) is 5.27. The van der Waals surface area contributed by atoms with Gasteiger partial charge in [0.25, 0.3) is 5.91 Å². The van der Waals surface area contributed by atoms with Crippen molar-refractivity contribution in [3.05, 3.63) is 76.0 Å². The van der Waals surface area contributed by atoms with Crippen LogP contribution in [0.3, 0.4) is 0 Å². The Hall–Kier alpha value is -3.06. The quantitative estimate of drug-likeness (QED) is 0.524. The highest BCUT2D eigenvalue weighted by molar-refractivity contribution is 5.97. The van der Waals surface area contributed by atoms with Crippen molar-refractivity contribution >= 4 is 11.6 Å². The van der Waals surface area contributed by atoms with Gasteiger partial charge in [-0.3, -0.25) is 4.79 Å². The smallest absolute Gasteiger partial charge is 0.263 e. The van der Waals surface area contributed by atoms with Gasteiger partial charge >= 0.3 is 0 Å². The van der Waals surface area contributed by atoms with Gasteiger partial charge in [-0.2, -0.15) is 5.26 Å². The molecule has 0 bridgehead atoms. The van der Waals surface area contributed by atoms with Crippen LogP contribution in [-0.4, -0.2) is 5.91 Å². The summed E-state index contributed by atoms with van der Waals surface area (Å²) in [6.45, 7) is 6.08. The summed E-state index contributed by atoms with van der Waals surface area (Å²) in [7, 11) is 0. The Balaban J connectivity index is 1.72. The molecule has 1 unspecified atom stereocenters. The Labute approximate surface area is 173 Å². The maximum atomic E-state index is 12.7. The van der Waals surface area contributed by atoms with E-state index in [0.717, 1.165) is 36.1 Å². The number of carbonyl (C=O) groups excluding carboxylic acids is 1. The predicted molar refractivity (Wildman–Crippen MR) is 117 cm³/mol. The van der Waals surface area contributed by atoms with Crippen LogP contribution in [0.2, 0.25) is 0 Å². The van der Waals surface area contributed by atoms with Crippen molar-refractivity contribution in [2.24, 2.45) is 0 Å². The minimum atomic E-state index is -0.352. The molecule has 29 heavy (non-hydrogen) atoms. The van der Waals surface area contributed by atoms with E-state index in [1.54, 1.807) is 0 Å². The van der Waals surface area contributed by atoms with Gasteiger partial charge in [0.2, 0.25) is 0 Å². The molecule has 0 saturated carbocycles. The van der Waals surface area contributed by atoms with E-state index >= 15 is 0 Å². The highest BCUT2D eigenvalue weighted by Crippen LogP contribution is 2.26. The summed E-state index contributed by atoms with van der Waals surface area (Å²) in [5.41, 5.74) is 7.14. The van der Waals surface area contributed by atoms with Crippen molar-refractivity contribution in [2.75, 3.05) is 5.32 Å². The number of hydrogen-bond donors (Lipinski definition) is 2. The zero-order valence-corrected chi connectivity index (χ0v) is 17.5. The molecule has 2 aromatic carbocycles. The fourth-order valence-corrected chi connectivity index (χ4v) is 3.90. The zero-order chi connectivity index (χ0) is 20.8. The van der Waals surface area contributed by atoms with Crippen LogP contribution in [0.4, 0.5) is 5.69 Å². The van der Waals surface area contributed by atoms with Crippen LogP contribution in [-0.2, 0) is 17.6 Å². The lowest BCUT2D eigenvalue weighted by atomic mass is 9.88. The largest absolute Gasteiger partial charge is 0.360 e. The number of hydrogen-bond acceptors (Lipinski definition) is 3. The molecule has 0 radical (unpaired) electrons. The molecule has 1 aliphatic rings. The Morgan fingerprint density at radius 1 is 1.14 bits per heavy atom. The van der Waals surface area contributed by atoms with E-state index in [0.29, 0.717) is 0 Å².